The van der Waals surface area contributed by atoms with Crippen molar-refractivity contribution in [3.05, 3.63) is 0 Å². The van der Waals surface area contributed by atoms with Gasteiger partial charge in [-0.05, 0) is 45.7 Å². The van der Waals surface area contributed by atoms with Crippen LogP contribution < -0.4 is 5.32 Å². The number of nitrogens with one attached hydrogen (secondary N) is 1. The Kier molecular flexibility index (Phi) is 3.81. The monoisotopic (exact) mass is 306 g/mol. The molecule has 1 aliphatic carbocycles. The average Bonchev–Trinajstić information content (AvgIpc) is 2.96. The number of nitrogens with zero attached hydrogens (tertiary/aromatic N) is 3. The van der Waals surface area contributed by atoms with Crippen LogP contribution in [0.1, 0.15) is 25.7 Å². The molecule has 3 aliphatic heterocycles. The van der Waals surface area contributed by atoms with Crippen LogP contribution in [0.25, 0.3) is 0 Å². The first-order valence-corrected chi connectivity index (χ1v) is 8.95. The van der Waals surface area contributed by atoms with Crippen molar-refractivity contribution in [1.29, 1.82) is 0 Å². The van der Waals surface area contributed by atoms with Crippen molar-refractivity contribution in [3.8, 4) is 0 Å². The van der Waals surface area contributed by atoms with Gasteiger partial charge in [0.15, 0.2) is 5.96 Å². The second-order valence-electron chi connectivity index (χ2n) is 7.82. The largest absolute Gasteiger partial charge is 0.374 e. The van der Waals surface area contributed by atoms with Crippen molar-refractivity contribution >= 4 is 5.96 Å². The number of rotatable bonds is 4. The minimum atomic E-state index is 0.527. The number of ether oxygens (including phenoxy) is 1. The Hall–Kier alpha value is -0.810. The summed E-state index contributed by atoms with van der Waals surface area (Å²) < 4.78 is 6.08. The van der Waals surface area contributed by atoms with Crippen LogP contribution in [0.2, 0.25) is 0 Å². The quantitative estimate of drug-likeness (QED) is 0.622. The van der Waals surface area contributed by atoms with Crippen molar-refractivity contribution < 1.29 is 4.74 Å². The van der Waals surface area contributed by atoms with E-state index in [1.807, 2.05) is 7.05 Å². The maximum Gasteiger partial charge on any atom is 0.193 e. The molecule has 124 valence electrons. The summed E-state index contributed by atoms with van der Waals surface area (Å²) in [6.07, 6.45) is 6.37. The molecule has 0 aromatic rings. The molecule has 3 saturated heterocycles. The Bertz CT molecular complexity index is 428. The summed E-state index contributed by atoms with van der Waals surface area (Å²) in [5.74, 6) is 3.46. The summed E-state index contributed by atoms with van der Waals surface area (Å²) in [6.45, 7) is 3.27. The van der Waals surface area contributed by atoms with Gasteiger partial charge < -0.3 is 19.9 Å². The number of hydrogen-bond donors (Lipinski definition) is 1. The molecule has 1 saturated carbocycles. The van der Waals surface area contributed by atoms with Gasteiger partial charge in [-0.25, -0.2) is 0 Å². The maximum absolute atomic E-state index is 6.08. The van der Waals surface area contributed by atoms with Gasteiger partial charge in [-0.2, -0.15) is 0 Å². The number of guanidine groups is 1. The number of likely N-dealkylation sites (N-methyl/N-ethyl adjacent to an activating group) is 1. The zero-order valence-electron chi connectivity index (χ0n) is 14.2. The van der Waals surface area contributed by atoms with Crippen LogP contribution in [0.15, 0.2) is 4.99 Å². The van der Waals surface area contributed by atoms with Crippen molar-refractivity contribution in [1.82, 2.24) is 15.1 Å². The van der Waals surface area contributed by atoms with Gasteiger partial charge in [-0.3, -0.25) is 4.99 Å². The van der Waals surface area contributed by atoms with E-state index in [4.69, 9.17) is 4.74 Å². The normalized spacial score (nSPS) is 38.7. The Morgan fingerprint density at radius 1 is 1.18 bits per heavy atom. The van der Waals surface area contributed by atoms with Crippen LogP contribution in [-0.4, -0.2) is 74.8 Å². The highest BCUT2D eigenvalue weighted by Gasteiger charge is 2.53. The zero-order valence-corrected chi connectivity index (χ0v) is 14.2. The Labute approximate surface area is 134 Å². The van der Waals surface area contributed by atoms with E-state index in [1.165, 1.54) is 25.7 Å². The predicted molar refractivity (Wildman–Crippen MR) is 88.0 cm³/mol. The lowest BCUT2D eigenvalue weighted by molar-refractivity contribution is 0.0766. The highest BCUT2D eigenvalue weighted by atomic mass is 16.5. The highest BCUT2D eigenvalue weighted by Crippen LogP contribution is 2.47. The standard InChI is InChI=1S/C17H30N4O/c1-18-17(19-8-14(20(2)3)11-4-5-11)21-9-12-13(10-21)16-7-6-15(12)22-16/h11-16H,4-10H2,1-3H3,(H,18,19). The summed E-state index contributed by atoms with van der Waals surface area (Å²) in [5.41, 5.74) is 0. The van der Waals surface area contributed by atoms with Crippen LogP contribution in [0.5, 0.6) is 0 Å². The molecule has 5 heteroatoms. The fourth-order valence-corrected chi connectivity index (χ4v) is 4.91. The molecule has 5 atom stereocenters. The van der Waals surface area contributed by atoms with Gasteiger partial charge in [0.05, 0.1) is 12.2 Å². The molecule has 2 bridgehead atoms. The lowest BCUT2D eigenvalue weighted by Crippen LogP contribution is -2.47. The SMILES string of the molecule is CN=C(NCC(C1CC1)N(C)C)N1CC2C3CCC(O3)C2C1. The van der Waals surface area contributed by atoms with Crippen molar-refractivity contribution in [2.45, 2.75) is 43.9 Å². The highest BCUT2D eigenvalue weighted by molar-refractivity contribution is 5.80. The Morgan fingerprint density at radius 3 is 2.32 bits per heavy atom. The summed E-state index contributed by atoms with van der Waals surface area (Å²) in [4.78, 5) is 9.39. The van der Waals surface area contributed by atoms with E-state index in [2.05, 4.69) is 34.2 Å². The molecule has 1 N–H and O–H groups in total. The molecule has 5 nitrogen and oxygen atoms in total. The summed E-state index contributed by atoms with van der Waals surface area (Å²) in [7, 11) is 6.31. The van der Waals surface area contributed by atoms with Crippen LogP contribution in [0.4, 0.5) is 0 Å². The number of fused-ring (bicyclic) bond motifs is 5. The molecule has 0 radical (unpaired) electrons. The van der Waals surface area contributed by atoms with E-state index in [-0.39, 0.29) is 0 Å². The van der Waals surface area contributed by atoms with Gasteiger partial charge in [-0.15, -0.1) is 0 Å². The van der Waals surface area contributed by atoms with Gasteiger partial charge in [0.2, 0.25) is 0 Å². The van der Waals surface area contributed by atoms with Gasteiger partial charge >= 0.3 is 0 Å². The molecule has 22 heavy (non-hydrogen) atoms. The third-order valence-corrected chi connectivity index (χ3v) is 6.26. The van der Waals surface area contributed by atoms with E-state index in [0.717, 1.165) is 43.3 Å². The minimum Gasteiger partial charge on any atom is -0.374 e. The fraction of sp³-hybridized carbons (Fsp3) is 0.941. The predicted octanol–water partition coefficient (Wildman–Crippen LogP) is 1.01. The number of hydrogen-bond acceptors (Lipinski definition) is 3. The van der Waals surface area contributed by atoms with Crippen molar-refractivity contribution in [2.24, 2.45) is 22.7 Å². The van der Waals surface area contributed by atoms with Gasteiger partial charge in [-0.1, -0.05) is 0 Å². The van der Waals surface area contributed by atoms with Gasteiger partial charge in [0, 0.05) is 44.6 Å². The number of likely N-dealkylation sites (tertiary alicyclic amines) is 1. The molecule has 0 amide bonds. The molecular formula is C17H30N4O. The Morgan fingerprint density at radius 2 is 1.82 bits per heavy atom. The molecular weight excluding hydrogens is 276 g/mol. The second kappa shape index (κ2) is 5.68. The first-order chi connectivity index (χ1) is 10.7. The molecule has 3 heterocycles. The van der Waals surface area contributed by atoms with Crippen LogP contribution in [-0.2, 0) is 4.74 Å². The van der Waals surface area contributed by atoms with Crippen LogP contribution >= 0.6 is 0 Å². The Balaban J connectivity index is 1.35. The number of aliphatic imine (C=N–C) groups is 1. The van der Waals surface area contributed by atoms with Crippen LogP contribution in [0, 0.1) is 17.8 Å². The lowest BCUT2D eigenvalue weighted by atomic mass is 9.82. The smallest absolute Gasteiger partial charge is 0.193 e. The molecule has 0 aromatic heterocycles. The minimum absolute atomic E-state index is 0.527. The third-order valence-electron chi connectivity index (χ3n) is 6.26. The fourth-order valence-electron chi connectivity index (χ4n) is 4.91. The topological polar surface area (TPSA) is 40.1 Å². The summed E-state index contributed by atoms with van der Waals surface area (Å²) >= 11 is 0. The van der Waals surface area contributed by atoms with E-state index in [1.54, 1.807) is 0 Å². The molecule has 4 fully saturated rings. The second-order valence-corrected chi connectivity index (χ2v) is 7.82. The molecule has 4 rings (SSSR count). The molecule has 0 aromatic carbocycles. The third kappa shape index (κ3) is 2.52. The van der Waals surface area contributed by atoms with Crippen molar-refractivity contribution in [3.63, 3.8) is 0 Å². The first kappa shape index (κ1) is 14.8. The van der Waals surface area contributed by atoms with Crippen LogP contribution in [0.3, 0.4) is 0 Å². The van der Waals surface area contributed by atoms with E-state index >= 15 is 0 Å². The molecule has 5 unspecified atom stereocenters. The van der Waals surface area contributed by atoms with Gasteiger partial charge in [0.25, 0.3) is 0 Å². The molecule has 4 aliphatic rings. The van der Waals surface area contributed by atoms with E-state index in [9.17, 15) is 0 Å². The summed E-state index contributed by atoms with van der Waals surface area (Å²) in [6, 6.07) is 0.637. The lowest BCUT2D eigenvalue weighted by Gasteiger charge is -2.28. The van der Waals surface area contributed by atoms with E-state index < -0.39 is 0 Å². The van der Waals surface area contributed by atoms with Gasteiger partial charge in [0.1, 0.15) is 0 Å². The maximum atomic E-state index is 6.08. The average molecular weight is 306 g/mol. The van der Waals surface area contributed by atoms with E-state index in [0.29, 0.717) is 18.2 Å². The summed E-state index contributed by atoms with van der Waals surface area (Å²) in [5, 5.41) is 3.65. The molecule has 0 spiro atoms. The first-order valence-electron chi connectivity index (χ1n) is 8.95. The zero-order chi connectivity index (χ0) is 15.3. The van der Waals surface area contributed by atoms with Crippen molar-refractivity contribution in [2.75, 3.05) is 40.8 Å².